The van der Waals surface area contributed by atoms with Crippen molar-refractivity contribution in [3.8, 4) is 5.75 Å². The highest BCUT2D eigenvalue weighted by Crippen LogP contribution is 2.24. The molecule has 1 aromatic carbocycles. The smallest absolute Gasteiger partial charge is 0.120 e. The summed E-state index contributed by atoms with van der Waals surface area (Å²) in [5, 5.41) is 0.533. The van der Waals surface area contributed by atoms with Crippen molar-refractivity contribution < 1.29 is 4.74 Å². The molecule has 2 nitrogen and oxygen atoms in total. The van der Waals surface area contributed by atoms with E-state index in [9.17, 15) is 0 Å². The number of hydrogen-bond acceptors (Lipinski definition) is 2. The number of hydrogen-bond donors (Lipinski definition) is 1. The molecule has 2 N–H and O–H groups in total. The van der Waals surface area contributed by atoms with Crippen LogP contribution >= 0.6 is 23.8 Å². The van der Waals surface area contributed by atoms with Gasteiger partial charge in [-0.1, -0.05) is 44.6 Å². The van der Waals surface area contributed by atoms with Gasteiger partial charge in [0.05, 0.1) is 11.6 Å². The van der Waals surface area contributed by atoms with E-state index in [1.54, 1.807) is 12.1 Å². The standard InChI is InChI=1S/C13H18ClNOS/c1-13(2,3)6-7-16-9-4-5-10(12(15)17)11(14)8-9/h4-5,8H,6-7H2,1-3H3,(H2,15,17). The number of thiocarbonyl (C=S) groups is 1. The fraction of sp³-hybridized carbons (Fsp3) is 0.462. The van der Waals surface area contributed by atoms with E-state index in [1.165, 1.54) is 0 Å². The van der Waals surface area contributed by atoms with E-state index in [0.29, 0.717) is 22.2 Å². The first-order chi connectivity index (χ1) is 7.79. The lowest BCUT2D eigenvalue weighted by atomic mass is 9.93. The van der Waals surface area contributed by atoms with Crippen molar-refractivity contribution in [2.75, 3.05) is 6.61 Å². The maximum Gasteiger partial charge on any atom is 0.120 e. The minimum atomic E-state index is 0.266. The highest BCUT2D eigenvalue weighted by molar-refractivity contribution is 7.80. The SMILES string of the molecule is CC(C)(C)CCOc1ccc(C(N)=S)c(Cl)c1. The second-order valence-electron chi connectivity index (χ2n) is 5.17. The number of benzene rings is 1. The molecule has 1 aromatic rings. The summed E-state index contributed by atoms with van der Waals surface area (Å²) < 4.78 is 5.63. The lowest BCUT2D eigenvalue weighted by Gasteiger charge is -2.18. The van der Waals surface area contributed by atoms with Gasteiger partial charge in [0.1, 0.15) is 10.7 Å². The molecule has 17 heavy (non-hydrogen) atoms. The molecule has 0 saturated heterocycles. The van der Waals surface area contributed by atoms with Crippen LogP contribution in [0, 0.1) is 5.41 Å². The molecule has 0 amide bonds. The summed E-state index contributed by atoms with van der Waals surface area (Å²) in [6.07, 6.45) is 0.988. The van der Waals surface area contributed by atoms with Gasteiger partial charge in [0.25, 0.3) is 0 Å². The molecule has 0 spiro atoms. The van der Waals surface area contributed by atoms with Gasteiger partial charge in [0, 0.05) is 5.56 Å². The zero-order valence-corrected chi connectivity index (χ0v) is 12.0. The van der Waals surface area contributed by atoms with E-state index >= 15 is 0 Å². The number of ether oxygens (including phenoxy) is 1. The average molecular weight is 272 g/mol. The fourth-order valence-electron chi connectivity index (χ4n) is 1.26. The summed E-state index contributed by atoms with van der Waals surface area (Å²) in [5.41, 5.74) is 6.48. The van der Waals surface area contributed by atoms with Crippen LogP contribution in [0.4, 0.5) is 0 Å². The lowest BCUT2D eigenvalue weighted by Crippen LogP contribution is -2.12. The zero-order chi connectivity index (χ0) is 13.1. The highest BCUT2D eigenvalue weighted by atomic mass is 35.5. The molecule has 0 fully saturated rings. The Bertz CT molecular complexity index is 412. The summed E-state index contributed by atoms with van der Waals surface area (Å²) >= 11 is 10.9. The normalized spacial score (nSPS) is 11.3. The Morgan fingerprint density at radius 1 is 1.41 bits per heavy atom. The number of rotatable bonds is 4. The van der Waals surface area contributed by atoms with Crippen molar-refractivity contribution in [2.24, 2.45) is 11.1 Å². The van der Waals surface area contributed by atoms with Crippen LogP contribution in [0.1, 0.15) is 32.8 Å². The van der Waals surface area contributed by atoms with E-state index in [1.807, 2.05) is 6.07 Å². The van der Waals surface area contributed by atoms with Crippen molar-refractivity contribution in [1.29, 1.82) is 0 Å². The van der Waals surface area contributed by atoms with Crippen LogP contribution in [0.2, 0.25) is 5.02 Å². The predicted octanol–water partition coefficient (Wildman–Crippen LogP) is 3.79. The molecule has 0 radical (unpaired) electrons. The van der Waals surface area contributed by atoms with Crippen LogP contribution in [0.3, 0.4) is 0 Å². The van der Waals surface area contributed by atoms with E-state index in [4.69, 9.17) is 34.3 Å². The summed E-state index contributed by atoms with van der Waals surface area (Å²) in [5.74, 6) is 0.749. The Morgan fingerprint density at radius 2 is 2.06 bits per heavy atom. The van der Waals surface area contributed by atoms with Crippen LogP contribution in [0.15, 0.2) is 18.2 Å². The summed E-state index contributed by atoms with van der Waals surface area (Å²) in [7, 11) is 0. The minimum Gasteiger partial charge on any atom is -0.494 e. The average Bonchev–Trinajstić information content (AvgIpc) is 2.15. The molecule has 0 aliphatic heterocycles. The Morgan fingerprint density at radius 3 is 2.53 bits per heavy atom. The monoisotopic (exact) mass is 271 g/mol. The lowest BCUT2D eigenvalue weighted by molar-refractivity contribution is 0.243. The molecule has 0 bridgehead atoms. The van der Waals surface area contributed by atoms with Crippen LogP contribution in [0.5, 0.6) is 5.75 Å². The molecule has 0 atom stereocenters. The molecule has 0 saturated carbocycles. The van der Waals surface area contributed by atoms with Crippen molar-refractivity contribution >= 4 is 28.8 Å². The van der Waals surface area contributed by atoms with Crippen LogP contribution < -0.4 is 10.5 Å². The predicted molar refractivity (Wildman–Crippen MR) is 76.9 cm³/mol. The molecule has 0 aliphatic rings. The van der Waals surface area contributed by atoms with E-state index in [-0.39, 0.29) is 5.41 Å². The van der Waals surface area contributed by atoms with Gasteiger partial charge in [-0.2, -0.15) is 0 Å². The Balaban J connectivity index is 2.62. The molecule has 1 rings (SSSR count). The summed E-state index contributed by atoms with van der Waals surface area (Å²) in [6.45, 7) is 7.21. The maximum atomic E-state index is 6.05. The molecule has 0 aliphatic carbocycles. The van der Waals surface area contributed by atoms with Gasteiger partial charge >= 0.3 is 0 Å². The van der Waals surface area contributed by atoms with Crippen LogP contribution in [0.25, 0.3) is 0 Å². The molecule has 0 unspecified atom stereocenters. The Hall–Kier alpha value is -0.800. The van der Waals surface area contributed by atoms with Gasteiger partial charge in [0.2, 0.25) is 0 Å². The summed E-state index contributed by atoms with van der Waals surface area (Å²) in [6, 6.07) is 5.37. The van der Waals surface area contributed by atoms with Gasteiger partial charge in [-0.05, 0) is 30.0 Å². The number of halogens is 1. The second kappa shape index (κ2) is 5.69. The topological polar surface area (TPSA) is 35.2 Å². The van der Waals surface area contributed by atoms with Gasteiger partial charge < -0.3 is 10.5 Å². The second-order valence-corrected chi connectivity index (χ2v) is 6.01. The zero-order valence-electron chi connectivity index (χ0n) is 10.4. The van der Waals surface area contributed by atoms with Gasteiger partial charge in [-0.25, -0.2) is 0 Å². The van der Waals surface area contributed by atoms with Gasteiger partial charge in [-0.15, -0.1) is 0 Å². The van der Waals surface area contributed by atoms with E-state index < -0.39 is 0 Å². The van der Waals surface area contributed by atoms with Crippen LogP contribution in [-0.2, 0) is 0 Å². The van der Waals surface area contributed by atoms with Gasteiger partial charge in [0.15, 0.2) is 0 Å². The van der Waals surface area contributed by atoms with Crippen molar-refractivity contribution in [3.05, 3.63) is 28.8 Å². The first kappa shape index (κ1) is 14.3. The maximum absolute atomic E-state index is 6.05. The minimum absolute atomic E-state index is 0.266. The highest BCUT2D eigenvalue weighted by Gasteiger charge is 2.10. The summed E-state index contributed by atoms with van der Waals surface area (Å²) in [4.78, 5) is 0.302. The molecule has 4 heteroatoms. The van der Waals surface area contributed by atoms with Crippen molar-refractivity contribution in [2.45, 2.75) is 27.2 Å². The largest absolute Gasteiger partial charge is 0.494 e. The number of nitrogens with two attached hydrogens (primary N) is 1. The van der Waals surface area contributed by atoms with Gasteiger partial charge in [-0.3, -0.25) is 0 Å². The first-order valence-corrected chi connectivity index (χ1v) is 6.30. The third-order valence-electron chi connectivity index (χ3n) is 2.33. The molecular weight excluding hydrogens is 254 g/mol. The third kappa shape index (κ3) is 4.92. The first-order valence-electron chi connectivity index (χ1n) is 5.52. The van der Waals surface area contributed by atoms with Crippen LogP contribution in [-0.4, -0.2) is 11.6 Å². The fourth-order valence-corrected chi connectivity index (χ4v) is 1.77. The van der Waals surface area contributed by atoms with Crippen molar-refractivity contribution in [1.82, 2.24) is 0 Å². The van der Waals surface area contributed by atoms with E-state index in [2.05, 4.69) is 20.8 Å². The molecular formula is C13H18ClNOS. The Labute approximate surface area is 113 Å². The molecule has 0 aromatic heterocycles. The quantitative estimate of drug-likeness (QED) is 0.847. The molecule has 94 valence electrons. The van der Waals surface area contributed by atoms with Crippen molar-refractivity contribution in [3.63, 3.8) is 0 Å². The molecule has 0 heterocycles. The third-order valence-corrected chi connectivity index (χ3v) is 2.86. The van der Waals surface area contributed by atoms with E-state index in [0.717, 1.165) is 12.2 Å². The Kier molecular flexibility index (Phi) is 4.78.